The van der Waals surface area contributed by atoms with Gasteiger partial charge in [0.1, 0.15) is 0 Å². The van der Waals surface area contributed by atoms with Crippen molar-refractivity contribution in [3.8, 4) is 0 Å². The van der Waals surface area contributed by atoms with Crippen LogP contribution in [-0.4, -0.2) is 30.1 Å². The summed E-state index contributed by atoms with van der Waals surface area (Å²) < 4.78 is 0. The lowest BCUT2D eigenvalue weighted by Crippen LogP contribution is -2.47. The van der Waals surface area contributed by atoms with Crippen molar-refractivity contribution in [2.75, 3.05) is 13.1 Å². The molecule has 0 spiro atoms. The van der Waals surface area contributed by atoms with Crippen molar-refractivity contribution in [3.63, 3.8) is 0 Å². The molecule has 1 heterocycles. The summed E-state index contributed by atoms with van der Waals surface area (Å²) in [5.74, 6) is -0.333. The predicted octanol–water partition coefficient (Wildman–Crippen LogP) is 3.88. The van der Waals surface area contributed by atoms with E-state index >= 15 is 0 Å². The number of hydrazine groups is 1. The van der Waals surface area contributed by atoms with Crippen LogP contribution in [0.4, 0.5) is 0 Å². The minimum atomic E-state index is -0.333. The maximum absolute atomic E-state index is 6.06. The molecule has 0 unspecified atom stereocenters. The summed E-state index contributed by atoms with van der Waals surface area (Å²) in [6.07, 6.45) is 21.6. The molecule has 0 aromatic carbocycles. The van der Waals surface area contributed by atoms with Crippen LogP contribution in [0.3, 0.4) is 0 Å². The first-order chi connectivity index (χ1) is 11.7. The van der Waals surface area contributed by atoms with Gasteiger partial charge < -0.3 is 11.5 Å². The van der Waals surface area contributed by atoms with Gasteiger partial charge in [-0.3, -0.25) is 10.8 Å². The molecule has 0 amide bonds. The van der Waals surface area contributed by atoms with Crippen LogP contribution in [0, 0.1) is 5.41 Å². The minimum Gasteiger partial charge on any atom is -0.370 e. The molecule has 0 atom stereocenters. The van der Waals surface area contributed by atoms with E-state index in [1.807, 2.05) is 0 Å². The van der Waals surface area contributed by atoms with Crippen LogP contribution in [0.25, 0.3) is 0 Å². The Morgan fingerprint density at radius 2 is 1.12 bits per heavy atom. The zero-order valence-corrected chi connectivity index (χ0v) is 15.7. The van der Waals surface area contributed by atoms with Crippen molar-refractivity contribution in [1.29, 1.82) is 5.41 Å². The molecule has 24 heavy (non-hydrogen) atoms. The van der Waals surface area contributed by atoms with Crippen LogP contribution >= 0.6 is 0 Å². The third kappa shape index (κ3) is 11.7. The molecular weight excluding hydrogens is 298 g/mol. The number of hydrogen-bond donors (Lipinski definition) is 4. The van der Waals surface area contributed by atoms with E-state index in [1.165, 1.54) is 109 Å². The van der Waals surface area contributed by atoms with E-state index in [0.717, 1.165) is 6.04 Å². The van der Waals surface area contributed by atoms with E-state index in [9.17, 15) is 0 Å². The SMILES string of the molecule is C1CCCCC(N2CCCCCCCCN2)CCCC1.N=C(N)N. The molecule has 0 radical (unpaired) electrons. The van der Waals surface area contributed by atoms with E-state index in [0.29, 0.717) is 0 Å². The molecule has 1 saturated heterocycles. The molecule has 142 valence electrons. The summed E-state index contributed by atoms with van der Waals surface area (Å²) in [5, 5.41) is 8.70. The molecule has 2 rings (SSSR count). The first-order valence-corrected chi connectivity index (χ1v) is 10.3. The van der Waals surface area contributed by atoms with Crippen LogP contribution in [0.15, 0.2) is 0 Å². The Labute approximate surface area is 149 Å². The van der Waals surface area contributed by atoms with Gasteiger partial charge in [0.05, 0.1) is 0 Å². The highest BCUT2D eigenvalue weighted by Gasteiger charge is 2.18. The van der Waals surface area contributed by atoms with Crippen molar-refractivity contribution in [2.45, 2.75) is 102 Å². The highest BCUT2D eigenvalue weighted by atomic mass is 15.5. The summed E-state index contributed by atoms with van der Waals surface area (Å²) in [4.78, 5) is 0. The molecule has 1 aliphatic carbocycles. The van der Waals surface area contributed by atoms with Crippen molar-refractivity contribution in [1.82, 2.24) is 10.4 Å². The summed E-state index contributed by atoms with van der Waals surface area (Å²) >= 11 is 0. The fraction of sp³-hybridized carbons (Fsp3) is 0.947. The van der Waals surface area contributed by atoms with Gasteiger partial charge in [0, 0.05) is 19.1 Å². The summed E-state index contributed by atoms with van der Waals surface area (Å²) in [7, 11) is 0. The second-order valence-corrected chi connectivity index (χ2v) is 7.38. The van der Waals surface area contributed by atoms with E-state index < -0.39 is 0 Å². The second kappa shape index (κ2) is 14.5. The zero-order valence-electron chi connectivity index (χ0n) is 15.7. The van der Waals surface area contributed by atoms with E-state index in [4.69, 9.17) is 5.41 Å². The fourth-order valence-electron chi connectivity index (χ4n) is 3.83. The van der Waals surface area contributed by atoms with Gasteiger partial charge in [-0.15, -0.1) is 0 Å². The Kier molecular flexibility index (Phi) is 12.9. The van der Waals surface area contributed by atoms with Crippen LogP contribution < -0.4 is 16.9 Å². The lowest BCUT2D eigenvalue weighted by atomic mass is 9.97. The minimum absolute atomic E-state index is 0.333. The Morgan fingerprint density at radius 1 is 0.708 bits per heavy atom. The van der Waals surface area contributed by atoms with Gasteiger partial charge in [-0.2, -0.15) is 0 Å². The molecule has 5 heteroatoms. The maximum Gasteiger partial charge on any atom is 0.183 e. The normalized spacial score (nSPS) is 23.5. The Hall–Kier alpha value is -0.810. The third-order valence-corrected chi connectivity index (χ3v) is 5.16. The topological polar surface area (TPSA) is 91.2 Å². The largest absolute Gasteiger partial charge is 0.370 e. The predicted molar refractivity (Wildman–Crippen MR) is 104 cm³/mol. The summed E-state index contributed by atoms with van der Waals surface area (Å²) in [6.45, 7) is 2.49. The second-order valence-electron chi connectivity index (χ2n) is 7.38. The monoisotopic (exact) mass is 339 g/mol. The summed E-state index contributed by atoms with van der Waals surface area (Å²) in [6, 6.07) is 0.813. The van der Waals surface area contributed by atoms with Crippen molar-refractivity contribution < 1.29 is 0 Å². The highest BCUT2D eigenvalue weighted by Crippen LogP contribution is 2.21. The third-order valence-electron chi connectivity index (χ3n) is 5.16. The number of rotatable bonds is 1. The average Bonchev–Trinajstić information content (AvgIpc) is 2.57. The summed E-state index contributed by atoms with van der Waals surface area (Å²) in [5.41, 5.74) is 12.7. The molecule has 0 aromatic rings. The lowest BCUT2D eigenvalue weighted by molar-refractivity contribution is 0.0990. The highest BCUT2D eigenvalue weighted by molar-refractivity contribution is 5.71. The molecule has 0 bridgehead atoms. The molecule has 2 fully saturated rings. The van der Waals surface area contributed by atoms with Gasteiger partial charge in [0.2, 0.25) is 0 Å². The molecular formula is C19H41N5. The van der Waals surface area contributed by atoms with Crippen molar-refractivity contribution >= 4 is 5.96 Å². The Bertz CT molecular complexity index is 260. The Balaban J connectivity index is 0.000000648. The number of nitrogens with two attached hydrogens (primary N) is 2. The van der Waals surface area contributed by atoms with Gasteiger partial charge in [-0.25, -0.2) is 5.01 Å². The zero-order chi connectivity index (χ0) is 17.5. The van der Waals surface area contributed by atoms with Crippen LogP contribution in [0.1, 0.15) is 96.3 Å². The molecule has 5 nitrogen and oxygen atoms in total. The van der Waals surface area contributed by atoms with E-state index in [2.05, 4.69) is 21.9 Å². The van der Waals surface area contributed by atoms with Gasteiger partial charge in [0.25, 0.3) is 0 Å². The smallest absolute Gasteiger partial charge is 0.183 e. The van der Waals surface area contributed by atoms with Crippen molar-refractivity contribution in [3.05, 3.63) is 0 Å². The number of nitrogens with one attached hydrogen (secondary N) is 2. The standard InChI is InChI=1S/C18H36N2.CH5N3/c1-2-6-10-14-18(15-11-7-3-1)20-17-13-9-5-4-8-12-16-19-20;2-1(3)4/h18-19H,1-17H2;(H5,2,3,4). The Morgan fingerprint density at radius 3 is 1.67 bits per heavy atom. The fourth-order valence-corrected chi connectivity index (χ4v) is 3.83. The van der Waals surface area contributed by atoms with Gasteiger partial charge >= 0.3 is 0 Å². The quantitative estimate of drug-likeness (QED) is 0.431. The molecule has 1 saturated carbocycles. The first kappa shape index (κ1) is 21.2. The van der Waals surface area contributed by atoms with E-state index in [1.54, 1.807) is 0 Å². The number of hydrogen-bond acceptors (Lipinski definition) is 3. The molecule has 6 N–H and O–H groups in total. The van der Waals surface area contributed by atoms with Crippen molar-refractivity contribution in [2.24, 2.45) is 11.5 Å². The molecule has 2 aliphatic rings. The van der Waals surface area contributed by atoms with Crippen LogP contribution in [-0.2, 0) is 0 Å². The van der Waals surface area contributed by atoms with Gasteiger partial charge in [-0.05, 0) is 25.7 Å². The molecule has 0 aromatic heterocycles. The van der Waals surface area contributed by atoms with Gasteiger partial charge in [-0.1, -0.05) is 70.6 Å². The van der Waals surface area contributed by atoms with Crippen LogP contribution in [0.5, 0.6) is 0 Å². The van der Waals surface area contributed by atoms with E-state index in [-0.39, 0.29) is 5.96 Å². The van der Waals surface area contributed by atoms with Gasteiger partial charge in [0.15, 0.2) is 5.96 Å². The average molecular weight is 340 g/mol. The van der Waals surface area contributed by atoms with Crippen LogP contribution in [0.2, 0.25) is 0 Å². The lowest BCUT2D eigenvalue weighted by Gasteiger charge is -2.33. The number of guanidine groups is 1. The number of nitrogens with zero attached hydrogens (tertiary/aromatic N) is 1. The maximum atomic E-state index is 6.06. The molecule has 1 aliphatic heterocycles. The first-order valence-electron chi connectivity index (χ1n) is 10.3.